The summed E-state index contributed by atoms with van der Waals surface area (Å²) < 4.78 is 34.3. The van der Waals surface area contributed by atoms with Crippen molar-refractivity contribution in [1.82, 2.24) is 4.90 Å². The number of ether oxygens (including phenoxy) is 2. The normalized spacial score (nSPS) is 27.4. The third kappa shape index (κ3) is 4.70. The molecule has 0 radical (unpaired) electrons. The number of nitrogens with zero attached hydrogens (tertiary/aromatic N) is 1. The molecule has 0 aromatic heterocycles. The van der Waals surface area contributed by atoms with Crippen LogP contribution in [0.15, 0.2) is 0 Å². The SMILES string of the molecule is CS(=O)(=O)CC(=O)N1CCC2(CCOC[C@H]2COCC2CC2)CC1. The van der Waals surface area contributed by atoms with E-state index >= 15 is 0 Å². The first kappa shape index (κ1) is 18.1. The molecule has 6 nitrogen and oxygen atoms in total. The van der Waals surface area contributed by atoms with Crippen LogP contribution >= 0.6 is 0 Å². The Balaban J connectivity index is 1.53. The highest BCUT2D eigenvalue weighted by atomic mass is 32.2. The molecular weight excluding hydrogens is 330 g/mol. The van der Waals surface area contributed by atoms with Crippen LogP contribution in [0.4, 0.5) is 0 Å². The standard InChI is InChI=1S/C17H29NO5S/c1-24(20,21)13-16(19)18-7-4-17(5-8-18)6-9-22-11-15(17)12-23-10-14-2-3-14/h14-15H,2-13H2,1H3/t15-/m0/s1. The number of hydrogen-bond acceptors (Lipinski definition) is 5. The highest BCUT2D eigenvalue weighted by Crippen LogP contribution is 2.45. The Kier molecular flexibility index (Phi) is 5.52. The van der Waals surface area contributed by atoms with Gasteiger partial charge in [-0.15, -0.1) is 0 Å². The number of hydrogen-bond donors (Lipinski definition) is 0. The van der Waals surface area contributed by atoms with Crippen LogP contribution < -0.4 is 0 Å². The summed E-state index contributed by atoms with van der Waals surface area (Å²) >= 11 is 0. The van der Waals surface area contributed by atoms with E-state index in [0.717, 1.165) is 57.9 Å². The monoisotopic (exact) mass is 359 g/mol. The number of carbonyl (C=O) groups excluding carboxylic acids is 1. The molecule has 0 N–H and O–H groups in total. The largest absolute Gasteiger partial charge is 0.381 e. The Bertz CT molecular complexity index is 549. The summed E-state index contributed by atoms with van der Waals surface area (Å²) in [5.41, 5.74) is 0.184. The molecule has 1 aliphatic carbocycles. The van der Waals surface area contributed by atoms with Gasteiger partial charge in [0.25, 0.3) is 0 Å². The number of piperidine rings is 1. The fourth-order valence-electron chi connectivity index (χ4n) is 3.94. The van der Waals surface area contributed by atoms with E-state index in [2.05, 4.69) is 0 Å². The van der Waals surface area contributed by atoms with Gasteiger partial charge in [0.05, 0.1) is 13.2 Å². The van der Waals surface area contributed by atoms with Gasteiger partial charge in [-0.25, -0.2) is 8.42 Å². The Morgan fingerprint density at radius 3 is 2.54 bits per heavy atom. The van der Waals surface area contributed by atoms with Crippen LogP contribution in [0, 0.1) is 17.3 Å². The minimum Gasteiger partial charge on any atom is -0.381 e. The van der Waals surface area contributed by atoms with E-state index in [1.807, 2.05) is 0 Å². The van der Waals surface area contributed by atoms with Crippen molar-refractivity contribution in [1.29, 1.82) is 0 Å². The lowest BCUT2D eigenvalue weighted by molar-refractivity contribution is -0.136. The van der Waals surface area contributed by atoms with Crippen LogP contribution in [0.1, 0.15) is 32.1 Å². The molecule has 0 aromatic carbocycles. The first-order chi connectivity index (χ1) is 11.4. The molecule has 1 amide bonds. The van der Waals surface area contributed by atoms with Crippen molar-refractivity contribution in [2.24, 2.45) is 17.3 Å². The predicted molar refractivity (Wildman–Crippen MR) is 90.4 cm³/mol. The fourth-order valence-corrected chi connectivity index (χ4v) is 4.57. The Hall–Kier alpha value is -0.660. The quantitative estimate of drug-likeness (QED) is 0.710. The van der Waals surface area contributed by atoms with Crippen molar-refractivity contribution < 1.29 is 22.7 Å². The topological polar surface area (TPSA) is 72.9 Å². The average Bonchev–Trinajstić information content (AvgIpc) is 3.32. The smallest absolute Gasteiger partial charge is 0.237 e. The summed E-state index contributed by atoms with van der Waals surface area (Å²) in [6.07, 6.45) is 6.56. The third-order valence-corrected chi connectivity index (χ3v) is 6.57. The average molecular weight is 359 g/mol. The number of rotatable bonds is 6. The molecule has 3 fully saturated rings. The number of carbonyl (C=O) groups is 1. The highest BCUT2D eigenvalue weighted by Gasteiger charge is 2.44. The number of likely N-dealkylation sites (tertiary alicyclic amines) is 1. The van der Waals surface area contributed by atoms with Crippen LogP contribution in [-0.2, 0) is 24.1 Å². The maximum absolute atomic E-state index is 12.1. The summed E-state index contributed by atoms with van der Waals surface area (Å²) in [5.74, 6) is 0.510. The number of amides is 1. The second-order valence-electron chi connectivity index (χ2n) is 7.82. The van der Waals surface area contributed by atoms with E-state index in [9.17, 15) is 13.2 Å². The van der Waals surface area contributed by atoms with Gasteiger partial charge in [0.15, 0.2) is 9.84 Å². The van der Waals surface area contributed by atoms with Gasteiger partial charge in [-0.3, -0.25) is 4.79 Å². The Morgan fingerprint density at radius 2 is 1.92 bits per heavy atom. The fraction of sp³-hybridized carbons (Fsp3) is 0.941. The van der Waals surface area contributed by atoms with E-state index in [1.54, 1.807) is 4.90 Å². The number of sulfone groups is 1. The van der Waals surface area contributed by atoms with Gasteiger partial charge < -0.3 is 14.4 Å². The van der Waals surface area contributed by atoms with Crippen molar-refractivity contribution in [3.8, 4) is 0 Å². The summed E-state index contributed by atoms with van der Waals surface area (Å²) in [5, 5.41) is 0. The molecule has 7 heteroatoms. The van der Waals surface area contributed by atoms with Gasteiger partial charge in [-0.1, -0.05) is 0 Å². The van der Waals surface area contributed by atoms with Crippen molar-refractivity contribution in [2.75, 3.05) is 51.5 Å². The molecule has 0 aromatic rings. The summed E-state index contributed by atoms with van der Waals surface area (Å²) in [6, 6.07) is 0. The van der Waals surface area contributed by atoms with Crippen LogP contribution in [0.2, 0.25) is 0 Å². The van der Waals surface area contributed by atoms with Gasteiger partial charge in [0.1, 0.15) is 5.75 Å². The van der Waals surface area contributed by atoms with Crippen LogP contribution in [-0.4, -0.2) is 70.8 Å². The minimum absolute atomic E-state index is 0.184. The zero-order chi connectivity index (χ0) is 17.2. The molecule has 1 saturated carbocycles. The Morgan fingerprint density at radius 1 is 1.21 bits per heavy atom. The summed E-state index contributed by atoms with van der Waals surface area (Å²) in [6.45, 7) is 4.42. The lowest BCUT2D eigenvalue weighted by Gasteiger charge is -2.49. The summed E-state index contributed by atoms with van der Waals surface area (Å²) in [4.78, 5) is 13.8. The molecule has 0 unspecified atom stereocenters. The van der Waals surface area contributed by atoms with Crippen molar-refractivity contribution in [3.05, 3.63) is 0 Å². The van der Waals surface area contributed by atoms with E-state index in [-0.39, 0.29) is 17.1 Å². The lowest BCUT2D eigenvalue weighted by atomic mass is 9.66. The second-order valence-corrected chi connectivity index (χ2v) is 9.96. The first-order valence-corrected chi connectivity index (χ1v) is 11.0. The van der Waals surface area contributed by atoms with E-state index < -0.39 is 9.84 Å². The molecule has 3 rings (SSSR count). The van der Waals surface area contributed by atoms with E-state index in [4.69, 9.17) is 9.47 Å². The molecule has 1 atom stereocenters. The molecule has 3 aliphatic rings. The van der Waals surface area contributed by atoms with Gasteiger partial charge in [-0.05, 0) is 43.4 Å². The van der Waals surface area contributed by atoms with Crippen LogP contribution in [0.3, 0.4) is 0 Å². The van der Waals surface area contributed by atoms with Crippen LogP contribution in [0.25, 0.3) is 0 Å². The predicted octanol–water partition coefficient (Wildman–Crippen LogP) is 1.10. The molecule has 24 heavy (non-hydrogen) atoms. The van der Waals surface area contributed by atoms with E-state index in [1.165, 1.54) is 12.8 Å². The zero-order valence-corrected chi connectivity index (χ0v) is 15.4. The van der Waals surface area contributed by atoms with Gasteiger partial charge in [0.2, 0.25) is 5.91 Å². The molecule has 138 valence electrons. The van der Waals surface area contributed by atoms with Crippen molar-refractivity contribution >= 4 is 15.7 Å². The van der Waals surface area contributed by atoms with Gasteiger partial charge >= 0.3 is 0 Å². The van der Waals surface area contributed by atoms with Gasteiger partial charge in [-0.2, -0.15) is 0 Å². The molecular formula is C17H29NO5S. The van der Waals surface area contributed by atoms with Crippen molar-refractivity contribution in [3.63, 3.8) is 0 Å². The molecule has 2 saturated heterocycles. The van der Waals surface area contributed by atoms with Gasteiger partial charge in [0, 0.05) is 38.5 Å². The molecule has 1 spiro atoms. The zero-order valence-electron chi connectivity index (χ0n) is 14.5. The van der Waals surface area contributed by atoms with Crippen LogP contribution in [0.5, 0.6) is 0 Å². The maximum Gasteiger partial charge on any atom is 0.237 e. The Labute approximate surface area is 144 Å². The third-order valence-electron chi connectivity index (χ3n) is 5.80. The summed E-state index contributed by atoms with van der Waals surface area (Å²) in [7, 11) is -3.26. The molecule has 0 bridgehead atoms. The second kappa shape index (κ2) is 7.30. The lowest BCUT2D eigenvalue weighted by Crippen LogP contribution is -2.51. The first-order valence-electron chi connectivity index (χ1n) is 8.99. The molecule has 2 heterocycles. The molecule has 2 aliphatic heterocycles. The van der Waals surface area contributed by atoms with Crippen molar-refractivity contribution in [2.45, 2.75) is 32.1 Å². The highest BCUT2D eigenvalue weighted by molar-refractivity contribution is 7.91. The van der Waals surface area contributed by atoms with E-state index in [0.29, 0.717) is 19.0 Å². The minimum atomic E-state index is -3.26. The maximum atomic E-state index is 12.1.